The molecule has 2 heterocycles. The average molecular weight is 760 g/mol. The smallest absolute Gasteiger partial charge is 0.461 e. The molecule has 3 rings (SSSR count). The summed E-state index contributed by atoms with van der Waals surface area (Å²) in [4.78, 5) is 73.2. The number of carbonyl (C=O) groups is 4. The van der Waals surface area contributed by atoms with Crippen LogP contribution in [0.5, 0.6) is 5.75 Å². The summed E-state index contributed by atoms with van der Waals surface area (Å²) in [6.07, 6.45) is 5.05. The van der Waals surface area contributed by atoms with Crippen molar-refractivity contribution in [2.75, 3.05) is 26.7 Å². The van der Waals surface area contributed by atoms with E-state index in [4.69, 9.17) is 14.2 Å². The van der Waals surface area contributed by atoms with Gasteiger partial charge in [-0.1, -0.05) is 66.7 Å². The lowest BCUT2D eigenvalue weighted by molar-refractivity contribution is -0.384. The number of unbranched alkanes of at least 4 members (excludes halogenated alkanes) is 3. The number of nitrogens with one attached hydrogen (secondary N) is 1. The van der Waals surface area contributed by atoms with E-state index in [9.17, 15) is 29.3 Å². The Hall–Kier alpha value is -4.11. The van der Waals surface area contributed by atoms with Gasteiger partial charge in [0, 0.05) is 36.5 Å². The first-order chi connectivity index (χ1) is 25.3. The number of likely N-dealkylation sites (tertiary alicyclic amines) is 1. The minimum absolute atomic E-state index is 0.0367. The van der Waals surface area contributed by atoms with E-state index in [1.54, 1.807) is 6.92 Å². The maximum absolute atomic E-state index is 14.8. The van der Waals surface area contributed by atoms with Gasteiger partial charge in [0.1, 0.15) is 16.8 Å². The van der Waals surface area contributed by atoms with Crippen molar-refractivity contribution in [1.82, 2.24) is 20.1 Å². The third kappa shape index (κ3) is 12.8. The average Bonchev–Trinajstić information content (AvgIpc) is 3.63. The van der Waals surface area contributed by atoms with Gasteiger partial charge in [0.2, 0.25) is 11.8 Å². The fourth-order valence-electron chi connectivity index (χ4n) is 6.45. The van der Waals surface area contributed by atoms with Crippen molar-refractivity contribution in [1.29, 1.82) is 0 Å². The minimum Gasteiger partial charge on any atom is -0.461 e. The largest absolute Gasteiger partial charge is 0.514 e. The van der Waals surface area contributed by atoms with Crippen molar-refractivity contribution in [2.24, 2.45) is 11.8 Å². The van der Waals surface area contributed by atoms with Crippen LogP contribution in [0.15, 0.2) is 29.6 Å². The molecule has 1 saturated heterocycles. The number of piperidine rings is 1. The zero-order chi connectivity index (χ0) is 39.1. The maximum Gasteiger partial charge on any atom is 0.514 e. The zero-order valence-electron chi connectivity index (χ0n) is 32.2. The van der Waals surface area contributed by atoms with Crippen molar-refractivity contribution in [3.8, 4) is 5.75 Å². The summed E-state index contributed by atoms with van der Waals surface area (Å²) >= 11 is 1.12. The van der Waals surface area contributed by atoms with Crippen molar-refractivity contribution < 1.29 is 38.3 Å². The predicted octanol–water partition coefficient (Wildman–Crippen LogP) is 7.32. The van der Waals surface area contributed by atoms with E-state index >= 15 is 0 Å². The zero-order valence-corrected chi connectivity index (χ0v) is 33.0. The van der Waals surface area contributed by atoms with Crippen molar-refractivity contribution in [2.45, 2.75) is 124 Å². The number of hydrogen-bond acceptors (Lipinski definition) is 12. The number of thiazole rings is 1. The summed E-state index contributed by atoms with van der Waals surface area (Å²) in [5.74, 6) is -1.20. The first-order valence-electron chi connectivity index (χ1n) is 18.9. The van der Waals surface area contributed by atoms with Gasteiger partial charge in [0.25, 0.3) is 5.69 Å². The fourth-order valence-corrected chi connectivity index (χ4v) is 7.28. The number of hydrogen-bond donors (Lipinski definition) is 1. The van der Waals surface area contributed by atoms with Gasteiger partial charge in [0.15, 0.2) is 11.8 Å². The third-order valence-corrected chi connectivity index (χ3v) is 10.7. The number of aromatic nitrogens is 1. The summed E-state index contributed by atoms with van der Waals surface area (Å²) in [7, 11) is 1.94. The minimum atomic E-state index is -1.08. The Morgan fingerprint density at radius 1 is 1.08 bits per heavy atom. The second-order valence-corrected chi connectivity index (χ2v) is 14.9. The first kappa shape index (κ1) is 43.3. The molecular formula is C38H57N5O9S. The molecule has 0 spiro atoms. The van der Waals surface area contributed by atoms with Gasteiger partial charge in [-0.3, -0.25) is 24.6 Å². The molecule has 1 N–H and O–H groups in total. The van der Waals surface area contributed by atoms with E-state index < -0.39 is 35.2 Å². The number of esters is 1. The van der Waals surface area contributed by atoms with Crippen LogP contribution in [-0.4, -0.2) is 88.5 Å². The quantitative estimate of drug-likeness (QED) is 0.0472. The van der Waals surface area contributed by atoms with Crippen LogP contribution < -0.4 is 10.1 Å². The Morgan fingerprint density at radius 2 is 1.79 bits per heavy atom. The monoisotopic (exact) mass is 759 g/mol. The van der Waals surface area contributed by atoms with E-state index in [1.807, 2.05) is 44.5 Å². The van der Waals surface area contributed by atoms with Gasteiger partial charge in [-0.05, 0) is 63.7 Å². The number of amides is 2. The molecule has 0 radical (unpaired) electrons. The van der Waals surface area contributed by atoms with E-state index in [2.05, 4.69) is 17.2 Å². The fraction of sp³-hybridized carbons (Fsp3) is 0.658. The molecule has 1 aliphatic rings. The van der Waals surface area contributed by atoms with Crippen LogP contribution in [0.4, 0.5) is 10.5 Å². The Kier molecular flexibility index (Phi) is 17.6. The Balaban J connectivity index is 1.99. The van der Waals surface area contributed by atoms with Crippen LogP contribution in [0.1, 0.15) is 121 Å². The van der Waals surface area contributed by atoms with Gasteiger partial charge >= 0.3 is 12.1 Å². The lowest BCUT2D eigenvalue weighted by atomic mass is 9.91. The molecule has 0 unspecified atom stereocenters. The van der Waals surface area contributed by atoms with Crippen LogP contribution in [0, 0.1) is 22.0 Å². The normalized spacial score (nSPS) is 16.9. The van der Waals surface area contributed by atoms with Crippen molar-refractivity contribution in [3.05, 3.63) is 50.5 Å². The van der Waals surface area contributed by atoms with Crippen LogP contribution in [0.2, 0.25) is 0 Å². The number of likely N-dealkylation sites (N-methyl/N-ethyl adjacent to an activating group) is 1. The number of ether oxygens (including phenoxy) is 3. The van der Waals surface area contributed by atoms with Crippen molar-refractivity contribution >= 4 is 41.0 Å². The first-order valence-corrected chi connectivity index (χ1v) is 19.8. The number of benzene rings is 1. The molecule has 5 atom stereocenters. The second-order valence-electron chi connectivity index (χ2n) is 14.0. The van der Waals surface area contributed by atoms with Gasteiger partial charge in [-0.2, -0.15) is 0 Å². The molecular weight excluding hydrogens is 703 g/mol. The Labute approximate surface area is 317 Å². The van der Waals surface area contributed by atoms with Gasteiger partial charge < -0.3 is 24.4 Å². The van der Waals surface area contributed by atoms with Crippen molar-refractivity contribution in [3.63, 3.8) is 0 Å². The summed E-state index contributed by atoms with van der Waals surface area (Å²) < 4.78 is 16.4. The molecule has 14 nitrogen and oxygen atoms in total. The summed E-state index contributed by atoms with van der Waals surface area (Å²) in [6, 6.07) is 3.45. The Morgan fingerprint density at radius 3 is 2.40 bits per heavy atom. The lowest BCUT2D eigenvalue weighted by Gasteiger charge is -2.40. The highest BCUT2D eigenvalue weighted by atomic mass is 32.1. The number of non-ortho nitro benzene ring substituents is 1. The highest BCUT2D eigenvalue weighted by Crippen LogP contribution is 2.33. The highest BCUT2D eigenvalue weighted by Gasteiger charge is 2.39. The molecule has 53 heavy (non-hydrogen) atoms. The molecule has 294 valence electrons. The number of nitro benzene ring substituents is 1. The summed E-state index contributed by atoms with van der Waals surface area (Å²) in [5, 5.41) is 16.1. The topological polar surface area (TPSA) is 171 Å². The molecule has 1 fully saturated rings. The molecule has 1 aromatic heterocycles. The van der Waals surface area contributed by atoms with E-state index in [0.717, 1.165) is 62.8 Å². The maximum atomic E-state index is 14.8. The van der Waals surface area contributed by atoms with E-state index in [-0.39, 0.29) is 59.9 Å². The molecule has 0 aliphatic carbocycles. The van der Waals surface area contributed by atoms with Crippen LogP contribution in [-0.2, 0) is 19.1 Å². The predicted molar refractivity (Wildman–Crippen MR) is 202 cm³/mol. The number of carbonyl (C=O) groups excluding carboxylic acids is 4. The third-order valence-electron chi connectivity index (χ3n) is 9.78. The van der Waals surface area contributed by atoms with Crippen LogP contribution in [0.3, 0.4) is 0 Å². The molecule has 2 amide bonds. The summed E-state index contributed by atoms with van der Waals surface area (Å²) in [5.41, 5.74) is -0.107. The van der Waals surface area contributed by atoms with Gasteiger partial charge in [-0.25, -0.2) is 14.6 Å². The second kappa shape index (κ2) is 21.6. The van der Waals surface area contributed by atoms with Crippen LogP contribution >= 0.6 is 11.3 Å². The molecule has 1 aromatic carbocycles. The highest BCUT2D eigenvalue weighted by molar-refractivity contribution is 7.09. The number of nitrogens with zero attached hydrogens (tertiary/aromatic N) is 4. The molecule has 1 aliphatic heterocycles. The standard InChI is InChI=1S/C38H57N5O9S/c1-8-11-12-14-22-42(36(45)33(26(6)9-2)40-34(44)30-16-13-15-21-41(30)7)31(25(4)5)23-32(35-39-29(24-53-35)37(46)50-10-3)52-38(47)51-28-19-17-27(18-20-28)43(48)49/h17-20,24-26,30-33H,8-16,21-23H2,1-7H3,(H,40,44)/t26-,30+,31+,32+,33-/m0/s1. The molecule has 0 saturated carbocycles. The van der Waals surface area contributed by atoms with Gasteiger partial charge in [-0.15, -0.1) is 11.3 Å². The summed E-state index contributed by atoms with van der Waals surface area (Å²) in [6.45, 7) is 13.2. The molecule has 0 bridgehead atoms. The molecule has 15 heteroatoms. The number of nitro groups is 1. The van der Waals surface area contributed by atoms with Gasteiger partial charge in [0.05, 0.1) is 17.6 Å². The lowest BCUT2D eigenvalue weighted by Crippen LogP contribution is -2.59. The number of rotatable bonds is 20. The molecule has 2 aromatic rings. The SMILES string of the molecule is CCCCCCN(C(=O)[C@@H](NC(=O)[C@H]1CCCCN1C)[C@@H](C)CC)[C@H](C[C@@H](OC(=O)Oc1ccc([N+](=O)[O-])cc1)c1nc(C(=O)OCC)cs1)C(C)C. The van der Waals surface area contributed by atoms with E-state index in [0.29, 0.717) is 18.0 Å². The van der Waals surface area contributed by atoms with E-state index in [1.165, 1.54) is 29.6 Å². The Bertz CT molecular complexity index is 1500. The van der Waals surface area contributed by atoms with Crippen LogP contribution in [0.25, 0.3) is 0 Å².